The van der Waals surface area contributed by atoms with Gasteiger partial charge >= 0.3 is 5.97 Å². The first kappa shape index (κ1) is 15.0. The largest absolute Gasteiger partial charge is 0.481 e. The molecule has 1 aliphatic carbocycles. The summed E-state index contributed by atoms with van der Waals surface area (Å²) < 4.78 is 1.36. The summed E-state index contributed by atoms with van der Waals surface area (Å²) in [5.74, 6) is -1.44. The van der Waals surface area contributed by atoms with Gasteiger partial charge in [-0.2, -0.15) is 0 Å². The van der Waals surface area contributed by atoms with E-state index in [9.17, 15) is 24.8 Å². The lowest BCUT2D eigenvalue weighted by molar-refractivity contribution is -0.384. The van der Waals surface area contributed by atoms with Gasteiger partial charge in [0.1, 0.15) is 5.69 Å². The van der Waals surface area contributed by atoms with Crippen LogP contribution in [-0.4, -0.2) is 32.5 Å². The zero-order valence-corrected chi connectivity index (χ0v) is 11.8. The summed E-state index contributed by atoms with van der Waals surface area (Å²) in [7, 11) is 1.53. The molecule has 1 heterocycles. The van der Waals surface area contributed by atoms with Crippen LogP contribution in [0.1, 0.15) is 36.7 Å². The van der Waals surface area contributed by atoms with E-state index in [4.69, 9.17) is 0 Å². The molecule has 21 heavy (non-hydrogen) atoms. The number of hydrogen-bond acceptors (Lipinski definition) is 4. The highest BCUT2D eigenvalue weighted by molar-refractivity contribution is 5.94. The Morgan fingerprint density at radius 2 is 2.24 bits per heavy atom. The van der Waals surface area contributed by atoms with Crippen molar-refractivity contribution in [2.75, 3.05) is 0 Å². The quantitative estimate of drug-likeness (QED) is 0.642. The average molecular weight is 295 g/mol. The summed E-state index contributed by atoms with van der Waals surface area (Å²) in [6.07, 6.45) is 3.06. The molecular formula is C13H17N3O5. The van der Waals surface area contributed by atoms with E-state index in [1.807, 2.05) is 0 Å². The first-order chi connectivity index (χ1) is 9.75. The molecule has 114 valence electrons. The second-order valence-electron chi connectivity index (χ2n) is 5.59. The molecule has 1 aromatic rings. The Balaban J connectivity index is 2.18. The smallest absolute Gasteiger partial charge is 0.311 e. The third kappa shape index (κ3) is 2.61. The summed E-state index contributed by atoms with van der Waals surface area (Å²) in [5.41, 5.74) is -1.02. The minimum atomic E-state index is -0.993. The van der Waals surface area contributed by atoms with Crippen molar-refractivity contribution in [3.63, 3.8) is 0 Å². The third-order valence-corrected chi connectivity index (χ3v) is 4.19. The number of amides is 1. The van der Waals surface area contributed by atoms with Gasteiger partial charge in [-0.1, -0.05) is 6.42 Å². The van der Waals surface area contributed by atoms with E-state index >= 15 is 0 Å². The Labute approximate surface area is 120 Å². The fourth-order valence-corrected chi connectivity index (χ4v) is 2.76. The monoisotopic (exact) mass is 295 g/mol. The van der Waals surface area contributed by atoms with E-state index in [1.54, 1.807) is 6.92 Å². The normalized spacial score (nSPS) is 24.8. The molecule has 1 amide bonds. The summed E-state index contributed by atoms with van der Waals surface area (Å²) in [6.45, 7) is 1.61. The number of aryl methyl sites for hydroxylation is 1. The van der Waals surface area contributed by atoms with Gasteiger partial charge in [0, 0.05) is 19.2 Å². The van der Waals surface area contributed by atoms with Crippen LogP contribution in [0.25, 0.3) is 0 Å². The lowest BCUT2D eigenvalue weighted by Gasteiger charge is -2.27. The first-order valence-corrected chi connectivity index (χ1v) is 6.60. The van der Waals surface area contributed by atoms with Gasteiger partial charge in [0.25, 0.3) is 11.6 Å². The van der Waals surface area contributed by atoms with Gasteiger partial charge in [-0.25, -0.2) is 0 Å². The van der Waals surface area contributed by atoms with Crippen LogP contribution >= 0.6 is 0 Å². The van der Waals surface area contributed by atoms with Crippen LogP contribution in [0.15, 0.2) is 12.3 Å². The molecule has 1 saturated carbocycles. The number of aliphatic carboxylic acids is 1. The predicted molar refractivity (Wildman–Crippen MR) is 72.9 cm³/mol. The fraction of sp³-hybridized carbons (Fsp3) is 0.538. The Bertz CT molecular complexity index is 609. The number of carbonyl (C=O) groups is 2. The van der Waals surface area contributed by atoms with Crippen LogP contribution in [0.5, 0.6) is 0 Å². The number of hydrogen-bond donors (Lipinski definition) is 2. The van der Waals surface area contributed by atoms with Crippen molar-refractivity contribution in [3.8, 4) is 0 Å². The van der Waals surface area contributed by atoms with Crippen LogP contribution in [0, 0.1) is 15.5 Å². The third-order valence-electron chi connectivity index (χ3n) is 4.19. The molecule has 0 bridgehead atoms. The van der Waals surface area contributed by atoms with Gasteiger partial charge in [-0.3, -0.25) is 19.7 Å². The molecular weight excluding hydrogens is 278 g/mol. The maximum Gasteiger partial charge on any atom is 0.311 e. The van der Waals surface area contributed by atoms with E-state index in [-0.39, 0.29) is 11.4 Å². The highest BCUT2D eigenvalue weighted by Crippen LogP contribution is 2.38. The Hall–Kier alpha value is -2.38. The molecule has 2 N–H and O–H groups in total. The number of nitrogens with one attached hydrogen (secondary N) is 1. The van der Waals surface area contributed by atoms with Crippen LogP contribution < -0.4 is 5.32 Å². The van der Waals surface area contributed by atoms with Gasteiger partial charge in [-0.05, 0) is 19.8 Å². The topological polar surface area (TPSA) is 114 Å². The van der Waals surface area contributed by atoms with Gasteiger partial charge < -0.3 is 15.0 Å². The lowest BCUT2D eigenvalue weighted by Crippen LogP contribution is -2.47. The summed E-state index contributed by atoms with van der Waals surface area (Å²) in [4.78, 5) is 33.7. The van der Waals surface area contributed by atoms with Gasteiger partial charge in [0.05, 0.1) is 16.5 Å². The number of carboxylic acids is 1. The molecule has 0 aromatic carbocycles. The van der Waals surface area contributed by atoms with Crippen molar-refractivity contribution in [3.05, 3.63) is 28.1 Å². The van der Waals surface area contributed by atoms with Crippen molar-refractivity contribution in [2.45, 2.75) is 32.2 Å². The van der Waals surface area contributed by atoms with Crippen LogP contribution in [0.2, 0.25) is 0 Å². The Kier molecular flexibility index (Phi) is 3.71. The van der Waals surface area contributed by atoms with Gasteiger partial charge in [0.2, 0.25) is 0 Å². The zero-order valence-electron chi connectivity index (χ0n) is 11.8. The Morgan fingerprint density at radius 3 is 2.76 bits per heavy atom. The highest BCUT2D eigenvalue weighted by Gasteiger charge is 2.46. The van der Waals surface area contributed by atoms with Crippen LogP contribution in [0.3, 0.4) is 0 Å². The van der Waals surface area contributed by atoms with Gasteiger partial charge in [-0.15, -0.1) is 0 Å². The fourth-order valence-electron chi connectivity index (χ4n) is 2.76. The molecule has 1 aliphatic rings. The molecule has 2 atom stereocenters. The van der Waals surface area contributed by atoms with Crippen molar-refractivity contribution < 1.29 is 19.6 Å². The van der Waals surface area contributed by atoms with Crippen molar-refractivity contribution in [1.82, 2.24) is 9.88 Å². The van der Waals surface area contributed by atoms with Crippen molar-refractivity contribution in [2.24, 2.45) is 12.5 Å². The second-order valence-corrected chi connectivity index (χ2v) is 5.59. The number of rotatable bonds is 4. The van der Waals surface area contributed by atoms with Crippen LogP contribution in [-0.2, 0) is 11.8 Å². The van der Waals surface area contributed by atoms with Crippen molar-refractivity contribution >= 4 is 17.6 Å². The number of carbonyl (C=O) groups excluding carboxylic acids is 1. The van der Waals surface area contributed by atoms with Crippen molar-refractivity contribution in [1.29, 1.82) is 0 Å². The SMILES string of the molecule is Cn1cc([N+](=O)[O-])cc1C(=O)NC1CCCC1(C)C(=O)O. The van der Waals surface area contributed by atoms with E-state index in [0.29, 0.717) is 12.8 Å². The van der Waals surface area contributed by atoms with E-state index in [0.717, 1.165) is 6.42 Å². The van der Waals surface area contributed by atoms with Crippen LogP contribution in [0.4, 0.5) is 5.69 Å². The second kappa shape index (κ2) is 5.19. The van der Waals surface area contributed by atoms with E-state index in [2.05, 4.69) is 5.32 Å². The lowest BCUT2D eigenvalue weighted by atomic mass is 9.85. The number of nitrogens with zero attached hydrogens (tertiary/aromatic N) is 2. The molecule has 8 nitrogen and oxygen atoms in total. The van der Waals surface area contributed by atoms with E-state index < -0.39 is 28.3 Å². The first-order valence-electron chi connectivity index (χ1n) is 6.60. The molecule has 8 heteroatoms. The predicted octanol–water partition coefficient (Wildman–Crippen LogP) is 1.31. The number of aromatic nitrogens is 1. The molecule has 0 spiro atoms. The Morgan fingerprint density at radius 1 is 1.57 bits per heavy atom. The highest BCUT2D eigenvalue weighted by atomic mass is 16.6. The average Bonchev–Trinajstić information content (AvgIpc) is 2.95. The zero-order chi connectivity index (χ0) is 15.8. The number of nitro groups is 1. The molecule has 2 rings (SSSR count). The maximum atomic E-state index is 12.2. The molecule has 0 saturated heterocycles. The molecule has 2 unspecified atom stereocenters. The summed E-state index contributed by atoms with van der Waals surface area (Å²) in [5, 5.41) is 22.7. The number of carboxylic acid groups (broad SMARTS) is 1. The summed E-state index contributed by atoms with van der Waals surface area (Å²) in [6, 6.07) is 0.707. The molecule has 0 radical (unpaired) electrons. The minimum absolute atomic E-state index is 0.140. The summed E-state index contributed by atoms with van der Waals surface area (Å²) >= 11 is 0. The maximum absolute atomic E-state index is 12.2. The molecule has 1 aromatic heterocycles. The van der Waals surface area contributed by atoms with Gasteiger partial charge in [0.15, 0.2) is 0 Å². The molecule has 0 aliphatic heterocycles. The molecule has 1 fully saturated rings. The standard InChI is InChI=1S/C13H17N3O5/c1-13(12(18)19)5-3-4-10(13)14-11(17)9-6-8(16(20)21)7-15(9)2/h6-7,10H,3-5H2,1-2H3,(H,14,17)(H,18,19). The van der Waals surface area contributed by atoms with E-state index in [1.165, 1.54) is 23.9 Å². The minimum Gasteiger partial charge on any atom is -0.481 e.